The van der Waals surface area contributed by atoms with Crippen molar-refractivity contribution < 1.29 is 4.79 Å². The Labute approximate surface area is 142 Å². The number of hydrogen-bond acceptors (Lipinski definition) is 5. The quantitative estimate of drug-likeness (QED) is 0.765. The van der Waals surface area contributed by atoms with Crippen molar-refractivity contribution in [2.45, 2.75) is 18.9 Å². The molecule has 3 aromatic rings. The Hall–Kier alpha value is -1.76. The van der Waals surface area contributed by atoms with Crippen LogP contribution in [0.15, 0.2) is 36.4 Å². The Morgan fingerprint density at radius 3 is 2.78 bits per heavy atom. The molecule has 0 aliphatic carbocycles. The number of para-hydroxylation sites is 1. The number of piperidine rings is 1. The lowest BCUT2D eigenvalue weighted by Crippen LogP contribution is -2.42. The molecule has 23 heavy (non-hydrogen) atoms. The van der Waals surface area contributed by atoms with Crippen LogP contribution < -0.4 is 10.6 Å². The maximum atomic E-state index is 12.4. The average Bonchev–Trinajstić information content (AvgIpc) is 3.22. The van der Waals surface area contributed by atoms with E-state index in [4.69, 9.17) is 0 Å². The third-order valence-electron chi connectivity index (χ3n) is 4.01. The summed E-state index contributed by atoms with van der Waals surface area (Å²) in [6.45, 7) is 1.96. The third kappa shape index (κ3) is 3.15. The van der Waals surface area contributed by atoms with Gasteiger partial charge in [-0.05, 0) is 50.2 Å². The number of carbonyl (C=O) groups is 1. The second-order valence-corrected chi connectivity index (χ2v) is 7.76. The molecule has 1 amide bonds. The molecule has 118 valence electrons. The van der Waals surface area contributed by atoms with Gasteiger partial charge in [0.2, 0.25) is 0 Å². The summed E-state index contributed by atoms with van der Waals surface area (Å²) in [5.41, 5.74) is 1.02. The number of benzene rings is 1. The van der Waals surface area contributed by atoms with Crippen molar-refractivity contribution in [3.63, 3.8) is 0 Å². The van der Waals surface area contributed by atoms with Gasteiger partial charge in [-0.2, -0.15) is 0 Å². The first-order chi connectivity index (χ1) is 11.3. The number of hydrogen-bond donors (Lipinski definition) is 2. The Kier molecular flexibility index (Phi) is 4.11. The molecule has 1 aromatic carbocycles. The Balaban J connectivity index is 1.52. The van der Waals surface area contributed by atoms with Gasteiger partial charge in [0.1, 0.15) is 5.01 Å². The smallest absolute Gasteiger partial charge is 0.261 e. The minimum atomic E-state index is 0.0364. The van der Waals surface area contributed by atoms with Gasteiger partial charge < -0.3 is 10.6 Å². The van der Waals surface area contributed by atoms with Gasteiger partial charge in [0.25, 0.3) is 5.91 Å². The average molecular weight is 343 g/mol. The molecule has 0 unspecified atom stereocenters. The van der Waals surface area contributed by atoms with Gasteiger partial charge in [0.15, 0.2) is 0 Å². The molecule has 4 rings (SSSR count). The van der Waals surface area contributed by atoms with Crippen molar-refractivity contribution in [1.82, 2.24) is 15.6 Å². The summed E-state index contributed by atoms with van der Waals surface area (Å²) in [4.78, 5) is 18.9. The fourth-order valence-electron chi connectivity index (χ4n) is 2.78. The first-order valence-corrected chi connectivity index (χ1v) is 9.40. The van der Waals surface area contributed by atoms with E-state index in [1.54, 1.807) is 11.3 Å². The summed E-state index contributed by atoms with van der Waals surface area (Å²) in [5, 5.41) is 7.43. The lowest BCUT2D eigenvalue weighted by molar-refractivity contribution is 0.0933. The molecule has 2 N–H and O–H groups in total. The van der Waals surface area contributed by atoms with Crippen LogP contribution in [0, 0.1) is 0 Å². The molecule has 3 heterocycles. The van der Waals surface area contributed by atoms with Crippen LogP contribution >= 0.6 is 22.7 Å². The maximum absolute atomic E-state index is 12.4. The topological polar surface area (TPSA) is 54.0 Å². The zero-order valence-corrected chi connectivity index (χ0v) is 14.2. The Bertz CT molecular complexity index is 800. The summed E-state index contributed by atoms with van der Waals surface area (Å²) >= 11 is 3.19. The SMILES string of the molecule is O=C(NC1CCNCC1)c1ccc(-c2nc3ccccc3s2)s1. The number of thiazole rings is 1. The van der Waals surface area contributed by atoms with E-state index in [9.17, 15) is 4.79 Å². The fraction of sp³-hybridized carbons (Fsp3) is 0.294. The molecule has 0 saturated carbocycles. The number of nitrogens with one attached hydrogen (secondary N) is 2. The molecule has 0 atom stereocenters. The first kappa shape index (κ1) is 14.8. The van der Waals surface area contributed by atoms with Crippen molar-refractivity contribution in [3.8, 4) is 9.88 Å². The van der Waals surface area contributed by atoms with Crippen LogP contribution in [0.1, 0.15) is 22.5 Å². The normalized spacial score (nSPS) is 15.8. The summed E-state index contributed by atoms with van der Waals surface area (Å²) in [7, 11) is 0. The highest BCUT2D eigenvalue weighted by molar-refractivity contribution is 7.26. The lowest BCUT2D eigenvalue weighted by Gasteiger charge is -2.23. The molecule has 1 fully saturated rings. The van der Waals surface area contributed by atoms with Gasteiger partial charge in [-0.3, -0.25) is 4.79 Å². The summed E-state index contributed by atoms with van der Waals surface area (Å²) in [6, 6.07) is 12.3. The summed E-state index contributed by atoms with van der Waals surface area (Å²) < 4.78 is 1.18. The molecule has 0 spiro atoms. The number of aromatic nitrogens is 1. The number of rotatable bonds is 3. The van der Waals surface area contributed by atoms with Crippen LogP contribution in [-0.4, -0.2) is 30.0 Å². The van der Waals surface area contributed by atoms with Gasteiger partial charge in [0, 0.05) is 6.04 Å². The maximum Gasteiger partial charge on any atom is 0.261 e. The van der Waals surface area contributed by atoms with E-state index in [1.165, 1.54) is 16.0 Å². The van der Waals surface area contributed by atoms with E-state index >= 15 is 0 Å². The van der Waals surface area contributed by atoms with Crippen molar-refractivity contribution in [2.75, 3.05) is 13.1 Å². The fourth-order valence-corrected chi connectivity index (χ4v) is 4.70. The zero-order valence-electron chi connectivity index (χ0n) is 12.5. The van der Waals surface area contributed by atoms with Crippen molar-refractivity contribution in [1.29, 1.82) is 0 Å². The Morgan fingerprint density at radius 1 is 1.13 bits per heavy atom. The van der Waals surface area contributed by atoms with Gasteiger partial charge >= 0.3 is 0 Å². The van der Waals surface area contributed by atoms with Crippen LogP contribution in [0.2, 0.25) is 0 Å². The van der Waals surface area contributed by atoms with E-state index < -0.39 is 0 Å². The molecular formula is C17H17N3OS2. The second kappa shape index (κ2) is 6.39. The number of thiophene rings is 1. The molecule has 6 heteroatoms. The third-order valence-corrected chi connectivity index (χ3v) is 6.30. The van der Waals surface area contributed by atoms with E-state index in [1.807, 2.05) is 30.3 Å². The molecule has 1 aliphatic heterocycles. The van der Waals surface area contributed by atoms with E-state index in [2.05, 4.69) is 21.7 Å². The van der Waals surface area contributed by atoms with Gasteiger partial charge in [-0.25, -0.2) is 4.98 Å². The van der Waals surface area contributed by atoms with Crippen molar-refractivity contribution in [3.05, 3.63) is 41.3 Å². The standard InChI is InChI=1S/C17H17N3OS2/c21-16(19-11-7-9-18-10-8-11)14-5-6-15(22-14)17-20-12-3-1-2-4-13(12)23-17/h1-6,11,18H,7-10H2,(H,19,21). The largest absolute Gasteiger partial charge is 0.349 e. The van der Waals surface area contributed by atoms with Gasteiger partial charge in [-0.15, -0.1) is 22.7 Å². The van der Waals surface area contributed by atoms with Crippen LogP contribution in [0.3, 0.4) is 0 Å². The second-order valence-electron chi connectivity index (χ2n) is 5.65. The van der Waals surface area contributed by atoms with Crippen LogP contribution in [0.25, 0.3) is 20.1 Å². The lowest BCUT2D eigenvalue weighted by atomic mass is 10.1. The van der Waals surface area contributed by atoms with Gasteiger partial charge in [0.05, 0.1) is 20.0 Å². The van der Waals surface area contributed by atoms with Crippen LogP contribution in [-0.2, 0) is 0 Å². The highest BCUT2D eigenvalue weighted by Gasteiger charge is 2.18. The minimum Gasteiger partial charge on any atom is -0.349 e. The summed E-state index contributed by atoms with van der Waals surface area (Å²) in [6.07, 6.45) is 2.00. The molecular weight excluding hydrogens is 326 g/mol. The van der Waals surface area contributed by atoms with Crippen molar-refractivity contribution in [2.24, 2.45) is 0 Å². The van der Waals surface area contributed by atoms with Crippen LogP contribution in [0.4, 0.5) is 0 Å². The first-order valence-electron chi connectivity index (χ1n) is 7.77. The Morgan fingerprint density at radius 2 is 1.96 bits per heavy atom. The van der Waals surface area contributed by atoms with Gasteiger partial charge in [-0.1, -0.05) is 12.1 Å². The predicted molar refractivity (Wildman–Crippen MR) is 96.3 cm³/mol. The minimum absolute atomic E-state index is 0.0364. The molecule has 4 nitrogen and oxygen atoms in total. The molecule has 0 bridgehead atoms. The number of fused-ring (bicyclic) bond motifs is 1. The van der Waals surface area contributed by atoms with E-state index in [-0.39, 0.29) is 11.9 Å². The molecule has 0 radical (unpaired) electrons. The molecule has 1 saturated heterocycles. The van der Waals surface area contributed by atoms with Crippen molar-refractivity contribution >= 4 is 38.8 Å². The number of carbonyl (C=O) groups excluding carboxylic acids is 1. The highest BCUT2D eigenvalue weighted by atomic mass is 32.1. The predicted octanol–water partition coefficient (Wildman–Crippen LogP) is 3.51. The number of amides is 1. The monoisotopic (exact) mass is 343 g/mol. The zero-order chi connectivity index (χ0) is 15.6. The van der Waals surface area contributed by atoms with Crippen LogP contribution in [0.5, 0.6) is 0 Å². The number of nitrogens with zero attached hydrogens (tertiary/aromatic N) is 1. The molecule has 1 aliphatic rings. The molecule has 2 aromatic heterocycles. The highest BCUT2D eigenvalue weighted by Crippen LogP contribution is 2.34. The van der Waals surface area contributed by atoms with E-state index in [0.29, 0.717) is 0 Å². The van der Waals surface area contributed by atoms with E-state index in [0.717, 1.165) is 46.2 Å². The summed E-state index contributed by atoms with van der Waals surface area (Å²) in [5.74, 6) is 0.0364.